The number of fused-ring (bicyclic) bond motifs is 2. The molecule has 1 aliphatic carbocycles. The molecule has 268 valence electrons. The van der Waals surface area contributed by atoms with Gasteiger partial charge in [0.1, 0.15) is 11.3 Å². The van der Waals surface area contributed by atoms with Crippen LogP contribution in [0.3, 0.4) is 0 Å². The molecule has 2 aromatic carbocycles. The van der Waals surface area contributed by atoms with Crippen LogP contribution < -0.4 is 14.5 Å². The SMILES string of the molecule is C=CC(=O)N1CC2(CCN(c3nc(N4CC(N5CCC5)C4)nc4c(OCC(F)(F)F)c(-c5c(C)c(C)cc6[nH]ncc56)c(C5CC5)cc34)CC2)C1. The summed E-state index contributed by atoms with van der Waals surface area (Å²) in [5.41, 5.74) is 5.78. The van der Waals surface area contributed by atoms with Gasteiger partial charge in [0.25, 0.3) is 0 Å². The summed E-state index contributed by atoms with van der Waals surface area (Å²) >= 11 is 0. The van der Waals surface area contributed by atoms with Gasteiger partial charge in [0.05, 0.1) is 11.7 Å². The minimum Gasteiger partial charge on any atom is -0.481 e. The van der Waals surface area contributed by atoms with Gasteiger partial charge in [0.15, 0.2) is 12.4 Å². The second-order valence-electron chi connectivity index (χ2n) is 15.4. The maximum atomic E-state index is 14.1. The molecular formula is C38H43F3N8O2. The number of aromatic nitrogens is 4. The highest BCUT2D eigenvalue weighted by atomic mass is 19.4. The lowest BCUT2D eigenvalue weighted by Crippen LogP contribution is -2.63. The number of aryl methyl sites for hydroxylation is 1. The first-order chi connectivity index (χ1) is 24.5. The number of alkyl halides is 3. The number of hydrogen-bond donors (Lipinski definition) is 1. The van der Waals surface area contributed by atoms with Crippen molar-refractivity contribution >= 4 is 39.5 Å². The predicted octanol–water partition coefficient (Wildman–Crippen LogP) is 6.12. The first-order valence-electron chi connectivity index (χ1n) is 18.2. The van der Waals surface area contributed by atoms with Crippen molar-refractivity contribution in [2.24, 2.45) is 5.41 Å². The Labute approximate surface area is 294 Å². The average Bonchev–Trinajstić information content (AvgIpc) is 3.80. The molecule has 4 aliphatic heterocycles. The molecule has 9 rings (SSSR count). The van der Waals surface area contributed by atoms with Crippen molar-refractivity contribution < 1.29 is 22.7 Å². The van der Waals surface area contributed by atoms with Crippen molar-refractivity contribution in [3.05, 3.63) is 47.7 Å². The van der Waals surface area contributed by atoms with Crippen molar-refractivity contribution in [1.29, 1.82) is 0 Å². The highest BCUT2D eigenvalue weighted by Gasteiger charge is 2.47. The van der Waals surface area contributed by atoms with Crippen LogP contribution in [0.2, 0.25) is 0 Å². The minimum atomic E-state index is -4.54. The Morgan fingerprint density at radius 3 is 2.43 bits per heavy atom. The van der Waals surface area contributed by atoms with Crippen molar-refractivity contribution in [3.63, 3.8) is 0 Å². The van der Waals surface area contributed by atoms with E-state index in [4.69, 9.17) is 14.7 Å². The number of likely N-dealkylation sites (tertiary alicyclic amines) is 2. The molecular weight excluding hydrogens is 657 g/mol. The van der Waals surface area contributed by atoms with Crippen LogP contribution in [0.4, 0.5) is 24.9 Å². The van der Waals surface area contributed by atoms with E-state index in [1.807, 2.05) is 24.8 Å². The zero-order valence-corrected chi connectivity index (χ0v) is 29.2. The number of carbonyl (C=O) groups excluding carboxylic acids is 1. The maximum absolute atomic E-state index is 14.1. The van der Waals surface area contributed by atoms with E-state index < -0.39 is 12.8 Å². The summed E-state index contributed by atoms with van der Waals surface area (Å²) in [5, 5.41) is 8.98. The highest BCUT2D eigenvalue weighted by Crippen LogP contribution is 2.54. The third-order valence-electron chi connectivity index (χ3n) is 12.1. The zero-order chi connectivity index (χ0) is 35.2. The molecule has 1 amide bonds. The van der Waals surface area contributed by atoms with Crippen molar-refractivity contribution in [3.8, 4) is 16.9 Å². The summed E-state index contributed by atoms with van der Waals surface area (Å²) < 4.78 is 48.2. The van der Waals surface area contributed by atoms with Gasteiger partial charge in [0, 0.05) is 67.1 Å². The van der Waals surface area contributed by atoms with Crippen LogP contribution in [0.1, 0.15) is 54.7 Å². The number of ether oxygens (including phenoxy) is 1. The number of amides is 1. The largest absolute Gasteiger partial charge is 0.481 e. The van der Waals surface area contributed by atoms with E-state index in [2.05, 4.69) is 37.5 Å². The number of carbonyl (C=O) groups is 1. The summed E-state index contributed by atoms with van der Waals surface area (Å²) in [6, 6.07) is 4.60. The van der Waals surface area contributed by atoms with Gasteiger partial charge in [0.2, 0.25) is 11.9 Å². The summed E-state index contributed by atoms with van der Waals surface area (Å²) in [7, 11) is 0. The Bertz CT molecular complexity index is 2050. The molecule has 1 spiro atoms. The lowest BCUT2D eigenvalue weighted by Gasteiger charge is -2.54. The fourth-order valence-electron chi connectivity index (χ4n) is 8.64. The molecule has 6 heterocycles. The molecule has 0 unspecified atom stereocenters. The molecule has 0 bridgehead atoms. The second-order valence-corrected chi connectivity index (χ2v) is 15.4. The normalized spacial score (nSPS) is 20.8. The van der Waals surface area contributed by atoms with E-state index in [0.717, 1.165) is 122 Å². The van der Waals surface area contributed by atoms with E-state index in [9.17, 15) is 18.0 Å². The third-order valence-corrected chi connectivity index (χ3v) is 12.1. The zero-order valence-electron chi connectivity index (χ0n) is 29.2. The average molecular weight is 701 g/mol. The maximum Gasteiger partial charge on any atom is 0.422 e. The Hall–Kier alpha value is -4.39. The highest BCUT2D eigenvalue weighted by molar-refractivity contribution is 6.06. The molecule has 5 fully saturated rings. The van der Waals surface area contributed by atoms with Crippen LogP contribution in [0.5, 0.6) is 5.75 Å². The van der Waals surface area contributed by atoms with Gasteiger partial charge in [-0.15, -0.1) is 0 Å². The van der Waals surface area contributed by atoms with Crippen molar-refractivity contribution in [1.82, 2.24) is 30.0 Å². The lowest BCUT2D eigenvalue weighted by atomic mass is 9.72. The number of aromatic amines is 1. The van der Waals surface area contributed by atoms with Crippen LogP contribution in [0.15, 0.2) is 31.0 Å². The van der Waals surface area contributed by atoms with Crippen molar-refractivity contribution in [2.45, 2.75) is 64.1 Å². The molecule has 2 aromatic heterocycles. The number of H-pyrrole nitrogens is 1. The predicted molar refractivity (Wildman–Crippen MR) is 190 cm³/mol. The van der Waals surface area contributed by atoms with Gasteiger partial charge >= 0.3 is 6.18 Å². The fourth-order valence-corrected chi connectivity index (χ4v) is 8.64. The molecule has 4 aromatic rings. The van der Waals surface area contributed by atoms with Gasteiger partial charge in [-0.05, 0) is 105 Å². The minimum absolute atomic E-state index is 0.0353. The van der Waals surface area contributed by atoms with Crippen LogP contribution in [0.25, 0.3) is 32.9 Å². The summed E-state index contributed by atoms with van der Waals surface area (Å²) in [6.07, 6.45) is 3.47. The smallest absolute Gasteiger partial charge is 0.422 e. The van der Waals surface area contributed by atoms with Gasteiger partial charge in [-0.1, -0.05) is 6.58 Å². The number of hydrogen-bond acceptors (Lipinski definition) is 8. The summed E-state index contributed by atoms with van der Waals surface area (Å²) in [6.45, 7) is 12.9. The Morgan fingerprint density at radius 1 is 1.04 bits per heavy atom. The number of piperidine rings is 1. The standard InChI is InChI=1S/C38H43F3N8O2/c1-4-30(50)49-19-37(20-49)8-12-47(13-9-37)35-27-15-26(24-6-7-24)32(31-23(3)22(2)14-29-28(31)16-42-45-29)34(51-21-38(39,40)41)33(27)43-36(44-35)48-17-25(18-48)46-10-5-11-46/h4,14-16,24-25H,1,5-13,17-21H2,2-3H3,(H,42,45). The monoisotopic (exact) mass is 700 g/mol. The van der Waals surface area contributed by atoms with Gasteiger partial charge in [-0.25, -0.2) is 4.98 Å². The van der Waals surface area contributed by atoms with Crippen LogP contribution in [0, 0.1) is 19.3 Å². The molecule has 51 heavy (non-hydrogen) atoms. The molecule has 0 atom stereocenters. The molecule has 0 radical (unpaired) electrons. The molecule has 13 heteroatoms. The number of benzene rings is 2. The number of nitrogens with zero attached hydrogens (tertiary/aromatic N) is 7. The fraction of sp³-hybridized carbons (Fsp3) is 0.526. The van der Waals surface area contributed by atoms with E-state index in [1.54, 1.807) is 6.20 Å². The molecule has 4 saturated heterocycles. The second kappa shape index (κ2) is 11.8. The van der Waals surface area contributed by atoms with Crippen LogP contribution >= 0.6 is 0 Å². The van der Waals surface area contributed by atoms with E-state index >= 15 is 0 Å². The third kappa shape index (κ3) is 5.59. The van der Waals surface area contributed by atoms with Gasteiger partial charge in [-0.2, -0.15) is 23.3 Å². The van der Waals surface area contributed by atoms with Crippen molar-refractivity contribution in [2.75, 3.05) is 68.8 Å². The van der Waals surface area contributed by atoms with E-state index in [1.165, 1.54) is 12.5 Å². The molecule has 5 aliphatic rings. The Kier molecular flexibility index (Phi) is 7.54. The summed E-state index contributed by atoms with van der Waals surface area (Å²) in [4.78, 5) is 31.3. The number of rotatable bonds is 8. The Morgan fingerprint density at radius 2 is 1.78 bits per heavy atom. The molecule has 10 nitrogen and oxygen atoms in total. The number of anilines is 2. The van der Waals surface area contributed by atoms with E-state index in [0.29, 0.717) is 23.1 Å². The molecule has 1 saturated carbocycles. The van der Waals surface area contributed by atoms with Gasteiger partial charge < -0.3 is 19.4 Å². The topological polar surface area (TPSA) is 93.7 Å². The first-order valence-corrected chi connectivity index (χ1v) is 18.2. The molecule has 1 N–H and O–H groups in total. The number of halogens is 3. The van der Waals surface area contributed by atoms with Gasteiger partial charge in [-0.3, -0.25) is 14.8 Å². The van der Waals surface area contributed by atoms with E-state index in [-0.39, 0.29) is 23.0 Å². The van der Waals surface area contributed by atoms with Crippen LogP contribution in [-0.4, -0.2) is 107 Å². The van der Waals surface area contributed by atoms with Crippen LogP contribution in [-0.2, 0) is 4.79 Å². The quantitative estimate of drug-likeness (QED) is 0.220. The first kappa shape index (κ1) is 32.5. The summed E-state index contributed by atoms with van der Waals surface area (Å²) in [5.74, 6) is 1.59. The Balaban J connectivity index is 1.21. The lowest BCUT2D eigenvalue weighted by molar-refractivity contribution is -0.153. The number of nitrogens with one attached hydrogen (secondary N) is 1.